The van der Waals surface area contributed by atoms with E-state index in [2.05, 4.69) is 5.32 Å². The molecule has 0 heterocycles. The van der Waals surface area contributed by atoms with Crippen molar-refractivity contribution in [1.29, 1.82) is 0 Å². The Kier molecular flexibility index (Phi) is 7.80. The third-order valence-corrected chi connectivity index (χ3v) is 7.62. The average Bonchev–Trinajstić information content (AvgIpc) is 2.78. The predicted octanol–water partition coefficient (Wildman–Crippen LogP) is 4.21. The predicted molar refractivity (Wildman–Crippen MR) is 125 cm³/mol. The normalized spacial score (nSPS) is 14.5. The molecule has 2 aromatic carbocycles. The lowest BCUT2D eigenvalue weighted by atomic mass is 9.95. The Balaban J connectivity index is 2.04. The summed E-state index contributed by atoms with van der Waals surface area (Å²) >= 11 is 6.13. The quantitative estimate of drug-likeness (QED) is 0.432. The van der Waals surface area contributed by atoms with Gasteiger partial charge in [-0.25, -0.2) is 8.42 Å². The number of nitrogens with one attached hydrogen (secondary N) is 1. The van der Waals surface area contributed by atoms with Crippen molar-refractivity contribution in [3.05, 3.63) is 57.1 Å². The Hall–Kier alpha value is -2.85. The summed E-state index contributed by atoms with van der Waals surface area (Å²) in [6.07, 6.45) is 4.79. The van der Waals surface area contributed by atoms with Gasteiger partial charge in [-0.15, -0.1) is 0 Å². The van der Waals surface area contributed by atoms with Crippen molar-refractivity contribution in [2.45, 2.75) is 50.0 Å². The second kappa shape index (κ2) is 10.4. The molecule has 0 aliphatic heterocycles. The van der Waals surface area contributed by atoms with Crippen molar-refractivity contribution < 1.29 is 22.9 Å². The molecular formula is C22H26ClN3O6S. The van der Waals surface area contributed by atoms with Crippen LogP contribution in [0.5, 0.6) is 5.75 Å². The first-order chi connectivity index (χ1) is 15.6. The van der Waals surface area contributed by atoms with E-state index in [1.54, 1.807) is 0 Å². The molecule has 178 valence electrons. The smallest absolute Gasteiger partial charge is 0.273 e. The fourth-order valence-corrected chi connectivity index (χ4v) is 5.49. The molecule has 0 saturated heterocycles. The maximum atomic E-state index is 13.7. The van der Waals surface area contributed by atoms with Gasteiger partial charge in [0, 0.05) is 22.7 Å². The number of carbonyl (C=O) groups excluding carboxylic acids is 1. The van der Waals surface area contributed by atoms with Gasteiger partial charge in [0.2, 0.25) is 5.91 Å². The monoisotopic (exact) mass is 495 g/mol. The van der Waals surface area contributed by atoms with Crippen molar-refractivity contribution in [2.24, 2.45) is 0 Å². The van der Waals surface area contributed by atoms with E-state index < -0.39 is 27.4 Å². The lowest BCUT2D eigenvalue weighted by molar-refractivity contribution is -0.385. The molecule has 0 atom stereocenters. The van der Waals surface area contributed by atoms with E-state index >= 15 is 0 Å². The van der Waals surface area contributed by atoms with E-state index in [9.17, 15) is 23.3 Å². The summed E-state index contributed by atoms with van der Waals surface area (Å²) in [6.45, 7) is 0.987. The number of anilines is 1. The highest BCUT2D eigenvalue weighted by molar-refractivity contribution is 7.92. The molecule has 1 aliphatic carbocycles. The van der Waals surface area contributed by atoms with Crippen molar-refractivity contribution in [3.8, 4) is 5.75 Å². The van der Waals surface area contributed by atoms with E-state index in [0.717, 1.165) is 42.5 Å². The van der Waals surface area contributed by atoms with Gasteiger partial charge in [-0.3, -0.25) is 19.2 Å². The van der Waals surface area contributed by atoms with Crippen LogP contribution in [0.25, 0.3) is 0 Å². The number of carbonyl (C=O) groups is 1. The van der Waals surface area contributed by atoms with Crippen molar-refractivity contribution in [2.75, 3.05) is 18.0 Å². The number of amides is 1. The van der Waals surface area contributed by atoms with Crippen LogP contribution in [0.2, 0.25) is 5.02 Å². The molecule has 2 aromatic rings. The van der Waals surface area contributed by atoms with Crippen LogP contribution in [-0.2, 0) is 14.8 Å². The number of nitrogens with zero attached hydrogens (tertiary/aromatic N) is 2. The van der Waals surface area contributed by atoms with Gasteiger partial charge in [0.05, 0.1) is 22.6 Å². The molecule has 0 aromatic heterocycles. The van der Waals surface area contributed by atoms with E-state index in [1.165, 1.54) is 44.4 Å². The molecule has 1 amide bonds. The number of ether oxygens (including phenoxy) is 1. The van der Waals surface area contributed by atoms with Gasteiger partial charge >= 0.3 is 0 Å². The summed E-state index contributed by atoms with van der Waals surface area (Å²) in [4.78, 5) is 23.3. The Labute approximate surface area is 197 Å². The zero-order chi connectivity index (χ0) is 24.2. The second-order valence-electron chi connectivity index (χ2n) is 7.94. The van der Waals surface area contributed by atoms with Crippen LogP contribution in [0.1, 0.15) is 37.7 Å². The molecule has 11 heteroatoms. The Morgan fingerprint density at radius 3 is 2.55 bits per heavy atom. The standard InChI is InChI=1S/C22H26ClN3O6S/c1-15-8-10-18(13-19(15)26(28)29)33(30,31)25(20-12-16(23)9-11-21(20)32-2)14-22(27)24-17-6-4-3-5-7-17/h8-13,17H,3-7,14H2,1-2H3,(H,24,27). The highest BCUT2D eigenvalue weighted by Crippen LogP contribution is 2.35. The number of methoxy groups -OCH3 is 1. The molecule has 3 rings (SSSR count). The zero-order valence-corrected chi connectivity index (χ0v) is 20.0. The number of rotatable bonds is 8. The number of nitro groups is 1. The Morgan fingerprint density at radius 2 is 1.91 bits per heavy atom. The average molecular weight is 496 g/mol. The second-order valence-corrected chi connectivity index (χ2v) is 10.2. The third kappa shape index (κ3) is 5.75. The van der Waals surface area contributed by atoms with Gasteiger partial charge in [0.15, 0.2) is 0 Å². The van der Waals surface area contributed by atoms with Crippen LogP contribution in [0.4, 0.5) is 11.4 Å². The van der Waals surface area contributed by atoms with E-state index in [1.807, 2.05) is 0 Å². The molecule has 9 nitrogen and oxygen atoms in total. The lowest BCUT2D eigenvalue weighted by Gasteiger charge is -2.28. The summed E-state index contributed by atoms with van der Waals surface area (Å²) in [7, 11) is -3.01. The van der Waals surface area contributed by atoms with E-state index in [0.29, 0.717) is 5.56 Å². The van der Waals surface area contributed by atoms with Gasteiger partial charge in [-0.05, 0) is 44.0 Å². The Morgan fingerprint density at radius 1 is 1.21 bits per heavy atom. The number of nitro benzene ring substituents is 1. The van der Waals surface area contributed by atoms with Crippen molar-refractivity contribution in [1.82, 2.24) is 5.32 Å². The summed E-state index contributed by atoms with van der Waals surface area (Å²) in [6, 6.07) is 8.03. The molecule has 1 aliphatic rings. The molecule has 1 N–H and O–H groups in total. The molecule has 0 radical (unpaired) electrons. The molecular weight excluding hydrogens is 470 g/mol. The summed E-state index contributed by atoms with van der Waals surface area (Å²) in [5, 5.41) is 14.5. The highest BCUT2D eigenvalue weighted by Gasteiger charge is 2.32. The largest absolute Gasteiger partial charge is 0.495 e. The van der Waals surface area contributed by atoms with Crippen LogP contribution >= 0.6 is 11.6 Å². The third-order valence-electron chi connectivity index (χ3n) is 5.63. The maximum Gasteiger partial charge on any atom is 0.273 e. The minimum Gasteiger partial charge on any atom is -0.495 e. The van der Waals surface area contributed by atoms with Crippen LogP contribution in [0, 0.1) is 17.0 Å². The van der Waals surface area contributed by atoms with Crippen LogP contribution in [-0.4, -0.2) is 38.9 Å². The fourth-order valence-electron chi connectivity index (χ4n) is 3.88. The number of aryl methyl sites for hydroxylation is 1. The zero-order valence-electron chi connectivity index (χ0n) is 18.4. The van der Waals surface area contributed by atoms with Crippen LogP contribution in [0.3, 0.4) is 0 Å². The molecule has 1 fully saturated rings. The minimum atomic E-state index is -4.38. The number of benzene rings is 2. The minimum absolute atomic E-state index is 0.0162. The van der Waals surface area contributed by atoms with Gasteiger partial charge in [0.25, 0.3) is 15.7 Å². The lowest BCUT2D eigenvalue weighted by Crippen LogP contribution is -2.45. The molecule has 1 saturated carbocycles. The molecule has 0 unspecified atom stereocenters. The summed E-state index contributed by atoms with van der Waals surface area (Å²) in [5.74, 6) is -0.288. The number of hydrogen-bond donors (Lipinski definition) is 1. The summed E-state index contributed by atoms with van der Waals surface area (Å²) in [5.41, 5.74) is 0.0497. The van der Waals surface area contributed by atoms with Gasteiger partial charge < -0.3 is 10.1 Å². The van der Waals surface area contributed by atoms with E-state index in [-0.39, 0.29) is 33.1 Å². The van der Waals surface area contributed by atoms with Crippen molar-refractivity contribution >= 4 is 38.9 Å². The first-order valence-electron chi connectivity index (χ1n) is 10.5. The van der Waals surface area contributed by atoms with Gasteiger partial charge in [0.1, 0.15) is 12.3 Å². The Bertz CT molecular complexity index is 1150. The van der Waals surface area contributed by atoms with Crippen LogP contribution < -0.4 is 14.4 Å². The van der Waals surface area contributed by atoms with E-state index in [4.69, 9.17) is 16.3 Å². The number of hydrogen-bond acceptors (Lipinski definition) is 6. The summed E-state index contributed by atoms with van der Waals surface area (Å²) < 4.78 is 33.5. The van der Waals surface area contributed by atoms with Gasteiger partial charge in [-0.2, -0.15) is 0 Å². The molecule has 0 bridgehead atoms. The molecule has 0 spiro atoms. The number of halogens is 1. The van der Waals surface area contributed by atoms with Crippen LogP contribution in [0.15, 0.2) is 41.3 Å². The van der Waals surface area contributed by atoms with Crippen molar-refractivity contribution in [3.63, 3.8) is 0 Å². The van der Waals surface area contributed by atoms with Gasteiger partial charge in [-0.1, -0.05) is 36.9 Å². The first-order valence-corrected chi connectivity index (χ1v) is 12.4. The maximum absolute atomic E-state index is 13.7. The number of sulfonamides is 1. The topological polar surface area (TPSA) is 119 Å². The highest BCUT2D eigenvalue weighted by atomic mass is 35.5. The fraction of sp³-hybridized carbons (Fsp3) is 0.409. The SMILES string of the molecule is COc1ccc(Cl)cc1N(CC(=O)NC1CCCCC1)S(=O)(=O)c1ccc(C)c([N+](=O)[O-])c1. The first kappa shape index (κ1) is 24.8. The molecule has 33 heavy (non-hydrogen) atoms.